The first-order chi connectivity index (χ1) is 7.64. The Kier molecular flexibility index (Phi) is 5.54. The maximum Gasteiger partial charge on any atom is 0.310 e. The zero-order valence-corrected chi connectivity index (χ0v) is 11.8. The molecule has 0 aromatic heterocycles. The lowest BCUT2D eigenvalue weighted by Gasteiger charge is -2.29. The van der Waals surface area contributed by atoms with Crippen LogP contribution in [0.3, 0.4) is 0 Å². The van der Waals surface area contributed by atoms with E-state index < -0.39 is 5.41 Å². The van der Waals surface area contributed by atoms with Crippen molar-refractivity contribution in [3.8, 4) is 0 Å². The van der Waals surface area contributed by atoms with Crippen molar-refractivity contribution >= 4 is 29.1 Å². The highest BCUT2D eigenvalue weighted by molar-refractivity contribution is 7.80. The van der Waals surface area contributed by atoms with Crippen molar-refractivity contribution in [2.75, 3.05) is 20.7 Å². The van der Waals surface area contributed by atoms with Crippen LogP contribution in [0.2, 0.25) is 0 Å². The molecule has 0 bridgehead atoms. The minimum atomic E-state index is -0.903. The van der Waals surface area contributed by atoms with Gasteiger partial charge in [-0.25, -0.2) is 0 Å². The summed E-state index contributed by atoms with van der Waals surface area (Å²) in [6, 6.07) is 0. The number of thiocarbonyl (C=S) groups is 1. The molecule has 0 saturated heterocycles. The van der Waals surface area contributed by atoms with Gasteiger partial charge in [0.15, 0.2) is 0 Å². The van der Waals surface area contributed by atoms with Crippen molar-refractivity contribution in [1.82, 2.24) is 4.90 Å². The van der Waals surface area contributed by atoms with Gasteiger partial charge in [0.05, 0.1) is 23.4 Å². The maximum absolute atomic E-state index is 12.1. The van der Waals surface area contributed by atoms with Crippen molar-refractivity contribution in [1.29, 1.82) is 0 Å². The lowest BCUT2D eigenvalue weighted by Crippen LogP contribution is -2.47. The third-order valence-electron chi connectivity index (χ3n) is 2.65. The average molecular weight is 260 g/mol. The zero-order chi connectivity index (χ0) is 13.8. The first kappa shape index (κ1) is 15.8. The minimum Gasteiger partial charge on any atom is -0.469 e. The lowest BCUT2D eigenvalue weighted by atomic mass is 9.91. The summed E-state index contributed by atoms with van der Waals surface area (Å²) in [5, 5.41) is 0. The molecule has 17 heavy (non-hydrogen) atoms. The Labute approximate surface area is 107 Å². The molecule has 1 unspecified atom stereocenters. The second-order valence-corrected chi connectivity index (χ2v) is 5.04. The van der Waals surface area contributed by atoms with Crippen LogP contribution in [0.1, 0.15) is 20.8 Å². The summed E-state index contributed by atoms with van der Waals surface area (Å²) >= 11 is 4.85. The SMILES string of the molecule is COC(=O)C(C)CN(C)C(=O)C(C)(C)C(N)=S. The molecule has 5 nitrogen and oxygen atoms in total. The molecule has 0 saturated carbocycles. The third-order valence-corrected chi connectivity index (χ3v) is 3.16. The molecule has 6 heteroatoms. The summed E-state index contributed by atoms with van der Waals surface area (Å²) in [4.78, 5) is 24.9. The van der Waals surface area contributed by atoms with E-state index in [2.05, 4.69) is 4.74 Å². The van der Waals surface area contributed by atoms with E-state index in [-0.39, 0.29) is 29.3 Å². The Morgan fingerprint density at radius 2 is 1.94 bits per heavy atom. The number of rotatable bonds is 5. The van der Waals surface area contributed by atoms with Crippen LogP contribution in [0.5, 0.6) is 0 Å². The van der Waals surface area contributed by atoms with Gasteiger partial charge in [0, 0.05) is 13.6 Å². The van der Waals surface area contributed by atoms with Gasteiger partial charge in [0.1, 0.15) is 0 Å². The van der Waals surface area contributed by atoms with Gasteiger partial charge in [-0.3, -0.25) is 9.59 Å². The predicted octanol–water partition coefficient (Wildman–Crippen LogP) is 0.566. The smallest absolute Gasteiger partial charge is 0.310 e. The molecule has 1 atom stereocenters. The Hall–Kier alpha value is -1.17. The molecule has 0 heterocycles. The molecule has 0 aliphatic rings. The number of nitrogens with two attached hydrogens (primary N) is 1. The predicted molar refractivity (Wildman–Crippen MR) is 69.4 cm³/mol. The number of carbonyl (C=O) groups excluding carboxylic acids is 2. The summed E-state index contributed by atoms with van der Waals surface area (Å²) in [5.41, 5.74) is 4.62. The molecule has 0 aromatic rings. The largest absolute Gasteiger partial charge is 0.469 e. The van der Waals surface area contributed by atoms with E-state index in [9.17, 15) is 9.59 Å². The van der Waals surface area contributed by atoms with Crippen LogP contribution in [0.15, 0.2) is 0 Å². The van der Waals surface area contributed by atoms with E-state index >= 15 is 0 Å². The summed E-state index contributed by atoms with van der Waals surface area (Å²) < 4.78 is 4.60. The molecule has 2 N–H and O–H groups in total. The number of hydrogen-bond donors (Lipinski definition) is 1. The van der Waals surface area contributed by atoms with Gasteiger partial charge >= 0.3 is 5.97 Å². The summed E-state index contributed by atoms with van der Waals surface area (Å²) in [6.07, 6.45) is 0. The summed E-state index contributed by atoms with van der Waals surface area (Å²) in [5.74, 6) is -0.936. The van der Waals surface area contributed by atoms with Gasteiger partial charge in [0.25, 0.3) is 0 Å². The average Bonchev–Trinajstić information content (AvgIpc) is 2.26. The van der Waals surface area contributed by atoms with Gasteiger partial charge in [-0.2, -0.15) is 0 Å². The molecular weight excluding hydrogens is 240 g/mol. The Bertz CT molecular complexity index is 329. The number of ether oxygens (including phenoxy) is 1. The van der Waals surface area contributed by atoms with Crippen LogP contribution < -0.4 is 5.73 Å². The van der Waals surface area contributed by atoms with Crippen LogP contribution in [-0.4, -0.2) is 42.5 Å². The monoisotopic (exact) mass is 260 g/mol. The fraction of sp³-hybridized carbons (Fsp3) is 0.727. The van der Waals surface area contributed by atoms with Gasteiger partial charge < -0.3 is 15.4 Å². The Morgan fingerprint density at radius 3 is 2.29 bits per heavy atom. The molecule has 0 fully saturated rings. The first-order valence-electron chi connectivity index (χ1n) is 5.27. The number of amides is 1. The first-order valence-corrected chi connectivity index (χ1v) is 5.68. The highest BCUT2D eigenvalue weighted by Gasteiger charge is 2.34. The fourth-order valence-corrected chi connectivity index (χ4v) is 1.44. The number of hydrogen-bond acceptors (Lipinski definition) is 4. The number of nitrogens with zero attached hydrogens (tertiary/aromatic N) is 1. The molecular formula is C11H20N2O3S. The topological polar surface area (TPSA) is 72.6 Å². The van der Waals surface area contributed by atoms with Crippen molar-refractivity contribution in [3.63, 3.8) is 0 Å². The molecule has 0 aliphatic heterocycles. The fourth-order valence-electron chi connectivity index (χ4n) is 1.35. The van der Waals surface area contributed by atoms with Crippen LogP contribution in [0.4, 0.5) is 0 Å². The minimum absolute atomic E-state index is 0.139. The molecule has 0 aromatic carbocycles. The lowest BCUT2D eigenvalue weighted by molar-refractivity contribution is -0.146. The van der Waals surface area contributed by atoms with Crippen LogP contribution in [-0.2, 0) is 14.3 Å². The van der Waals surface area contributed by atoms with Crippen LogP contribution >= 0.6 is 12.2 Å². The molecule has 0 aliphatic carbocycles. The highest BCUT2D eigenvalue weighted by Crippen LogP contribution is 2.19. The van der Waals surface area contributed by atoms with Gasteiger partial charge in [0.2, 0.25) is 5.91 Å². The third kappa shape index (κ3) is 3.96. The van der Waals surface area contributed by atoms with E-state index in [1.54, 1.807) is 27.8 Å². The van der Waals surface area contributed by atoms with E-state index in [0.717, 1.165) is 0 Å². The van der Waals surface area contributed by atoms with E-state index in [0.29, 0.717) is 0 Å². The molecule has 0 radical (unpaired) electrons. The highest BCUT2D eigenvalue weighted by atomic mass is 32.1. The second kappa shape index (κ2) is 5.95. The van der Waals surface area contributed by atoms with Crippen LogP contribution in [0, 0.1) is 11.3 Å². The number of carbonyl (C=O) groups is 2. The quantitative estimate of drug-likeness (QED) is 0.578. The standard InChI is InChI=1S/C11H20N2O3S/c1-7(8(14)16-5)6-13(4)10(15)11(2,3)9(12)17/h7H,6H2,1-5H3,(H2,12,17). The van der Waals surface area contributed by atoms with Crippen LogP contribution in [0.25, 0.3) is 0 Å². The molecule has 98 valence electrons. The summed E-state index contributed by atoms with van der Waals surface area (Å²) in [6.45, 7) is 5.30. The molecule has 1 amide bonds. The molecule has 0 spiro atoms. The maximum atomic E-state index is 12.1. The van der Waals surface area contributed by atoms with E-state index in [4.69, 9.17) is 18.0 Å². The summed E-state index contributed by atoms with van der Waals surface area (Å²) in [7, 11) is 2.93. The van der Waals surface area contributed by atoms with Crippen molar-refractivity contribution in [3.05, 3.63) is 0 Å². The van der Waals surface area contributed by atoms with Crippen molar-refractivity contribution in [2.45, 2.75) is 20.8 Å². The van der Waals surface area contributed by atoms with Gasteiger partial charge in [-0.05, 0) is 13.8 Å². The Morgan fingerprint density at radius 1 is 1.47 bits per heavy atom. The van der Waals surface area contributed by atoms with E-state index in [1.165, 1.54) is 12.0 Å². The molecule has 0 rings (SSSR count). The van der Waals surface area contributed by atoms with Crippen molar-refractivity contribution in [2.24, 2.45) is 17.1 Å². The second-order valence-electron chi connectivity index (χ2n) is 4.60. The normalized spacial score (nSPS) is 12.8. The van der Waals surface area contributed by atoms with Gasteiger partial charge in [-0.15, -0.1) is 0 Å². The van der Waals surface area contributed by atoms with Gasteiger partial charge in [-0.1, -0.05) is 19.1 Å². The number of methoxy groups -OCH3 is 1. The number of esters is 1. The van der Waals surface area contributed by atoms with E-state index in [1.807, 2.05) is 0 Å². The zero-order valence-electron chi connectivity index (χ0n) is 10.9. The Balaban J connectivity index is 4.63. The van der Waals surface area contributed by atoms with Crippen molar-refractivity contribution < 1.29 is 14.3 Å².